The smallest absolute Gasteiger partial charge is 0.262 e. The SMILES string of the molecule is CS(=O)(=O)N(CCc1ccccc1)CC(=O)N1CC(C(=O)NCCc2ccccc2)Oc2ccccc21. The van der Waals surface area contributed by atoms with Gasteiger partial charge >= 0.3 is 0 Å². The van der Waals surface area contributed by atoms with Crippen LogP contribution in [-0.2, 0) is 32.5 Å². The van der Waals surface area contributed by atoms with Gasteiger partial charge in [0, 0.05) is 13.1 Å². The molecule has 8 nitrogen and oxygen atoms in total. The summed E-state index contributed by atoms with van der Waals surface area (Å²) in [6.07, 6.45) is 1.34. The number of sulfonamides is 1. The maximum Gasteiger partial charge on any atom is 0.262 e. The minimum atomic E-state index is -3.64. The molecule has 1 unspecified atom stereocenters. The molecular formula is C28H31N3O5S. The van der Waals surface area contributed by atoms with Crippen molar-refractivity contribution in [2.24, 2.45) is 0 Å². The lowest BCUT2D eigenvalue weighted by atomic mass is 10.1. The van der Waals surface area contributed by atoms with E-state index in [0.29, 0.717) is 30.8 Å². The summed E-state index contributed by atoms with van der Waals surface area (Å²) < 4.78 is 32.1. The van der Waals surface area contributed by atoms with E-state index in [-0.39, 0.29) is 25.5 Å². The van der Waals surface area contributed by atoms with E-state index >= 15 is 0 Å². The fraction of sp³-hybridized carbons (Fsp3) is 0.286. The van der Waals surface area contributed by atoms with Gasteiger partial charge in [0.05, 0.1) is 25.0 Å². The van der Waals surface area contributed by atoms with Crippen molar-refractivity contribution in [1.82, 2.24) is 9.62 Å². The van der Waals surface area contributed by atoms with E-state index in [1.165, 1.54) is 9.21 Å². The molecule has 1 aliphatic rings. The Labute approximate surface area is 217 Å². The summed E-state index contributed by atoms with van der Waals surface area (Å²) in [6.45, 7) is 0.259. The molecule has 3 aromatic carbocycles. The van der Waals surface area contributed by atoms with Crippen molar-refractivity contribution in [2.75, 3.05) is 37.3 Å². The van der Waals surface area contributed by atoms with Crippen LogP contribution in [0.4, 0.5) is 5.69 Å². The Morgan fingerprint density at radius 1 is 0.919 bits per heavy atom. The maximum atomic E-state index is 13.4. The number of nitrogens with zero attached hydrogens (tertiary/aromatic N) is 2. The second-order valence-corrected chi connectivity index (χ2v) is 10.9. The van der Waals surface area contributed by atoms with Crippen LogP contribution in [0, 0.1) is 0 Å². The molecule has 194 valence electrons. The van der Waals surface area contributed by atoms with Gasteiger partial charge < -0.3 is 15.0 Å². The van der Waals surface area contributed by atoms with E-state index in [0.717, 1.165) is 17.4 Å². The molecule has 4 rings (SSSR count). The van der Waals surface area contributed by atoms with E-state index in [1.807, 2.05) is 60.7 Å². The van der Waals surface area contributed by atoms with Crippen molar-refractivity contribution in [1.29, 1.82) is 0 Å². The molecule has 2 amide bonds. The van der Waals surface area contributed by atoms with Gasteiger partial charge in [-0.05, 0) is 36.1 Å². The standard InChI is InChI=1S/C28H31N3O5S/c1-37(34,35)30(19-17-23-12-6-3-7-13-23)21-27(32)31-20-26(36-25-15-9-8-14-24(25)31)28(33)29-18-16-22-10-4-2-5-11-22/h2-15,26H,16-21H2,1H3,(H,29,33). The van der Waals surface area contributed by atoms with Crippen LogP contribution in [0.3, 0.4) is 0 Å². The Morgan fingerprint density at radius 2 is 1.51 bits per heavy atom. The third-order valence-corrected chi connectivity index (χ3v) is 7.45. The zero-order valence-electron chi connectivity index (χ0n) is 20.7. The Balaban J connectivity index is 1.44. The zero-order chi connectivity index (χ0) is 26.3. The molecule has 0 aromatic heterocycles. The zero-order valence-corrected chi connectivity index (χ0v) is 21.6. The number of carbonyl (C=O) groups excluding carboxylic acids is 2. The summed E-state index contributed by atoms with van der Waals surface area (Å²) in [4.78, 5) is 27.8. The number of rotatable bonds is 10. The minimum absolute atomic E-state index is 0.0106. The lowest BCUT2D eigenvalue weighted by Crippen LogP contribution is -2.53. The first-order valence-electron chi connectivity index (χ1n) is 12.2. The maximum absolute atomic E-state index is 13.4. The first-order chi connectivity index (χ1) is 17.8. The summed E-state index contributed by atoms with van der Waals surface area (Å²) in [6, 6.07) is 26.3. The number of carbonyl (C=O) groups is 2. The van der Waals surface area contributed by atoms with E-state index in [2.05, 4.69) is 5.32 Å². The van der Waals surface area contributed by atoms with Gasteiger partial charge in [-0.25, -0.2) is 8.42 Å². The van der Waals surface area contributed by atoms with Gasteiger partial charge in [-0.1, -0.05) is 72.8 Å². The Morgan fingerprint density at radius 3 is 2.16 bits per heavy atom. The van der Waals surface area contributed by atoms with Gasteiger partial charge in [-0.2, -0.15) is 4.31 Å². The number of hydrogen-bond acceptors (Lipinski definition) is 5. The quantitative estimate of drug-likeness (QED) is 0.443. The second kappa shape index (κ2) is 12.0. The summed E-state index contributed by atoms with van der Waals surface area (Å²) in [5.41, 5.74) is 2.59. The number of fused-ring (bicyclic) bond motifs is 1. The Bertz CT molecular complexity index is 1320. The molecule has 0 saturated carbocycles. The van der Waals surface area contributed by atoms with Gasteiger partial charge in [-0.15, -0.1) is 0 Å². The van der Waals surface area contributed by atoms with Gasteiger partial charge in [0.2, 0.25) is 15.9 Å². The highest BCUT2D eigenvalue weighted by Crippen LogP contribution is 2.33. The number of para-hydroxylation sites is 2. The van der Waals surface area contributed by atoms with Gasteiger partial charge in [0.1, 0.15) is 5.75 Å². The first kappa shape index (κ1) is 26.4. The average molecular weight is 522 g/mol. The number of amides is 2. The molecule has 0 spiro atoms. The topological polar surface area (TPSA) is 96.0 Å². The molecular weight excluding hydrogens is 490 g/mol. The molecule has 0 aliphatic carbocycles. The first-order valence-corrected chi connectivity index (χ1v) is 14.0. The van der Waals surface area contributed by atoms with E-state index in [1.54, 1.807) is 24.3 Å². The predicted molar refractivity (Wildman–Crippen MR) is 143 cm³/mol. The number of ether oxygens (including phenoxy) is 1. The predicted octanol–water partition coefficient (Wildman–Crippen LogP) is 2.64. The highest BCUT2D eigenvalue weighted by molar-refractivity contribution is 7.88. The molecule has 1 N–H and O–H groups in total. The van der Waals surface area contributed by atoms with Gasteiger partial charge in [0.25, 0.3) is 5.91 Å². The Hall–Kier alpha value is -3.69. The molecule has 1 aliphatic heterocycles. The van der Waals surface area contributed by atoms with E-state index < -0.39 is 22.0 Å². The third-order valence-electron chi connectivity index (χ3n) is 6.20. The molecule has 1 heterocycles. The molecule has 0 saturated heterocycles. The van der Waals surface area contributed by atoms with Crippen molar-refractivity contribution >= 4 is 27.5 Å². The van der Waals surface area contributed by atoms with Crippen LogP contribution in [-0.4, -0.2) is 63.1 Å². The van der Waals surface area contributed by atoms with E-state index in [4.69, 9.17) is 4.74 Å². The van der Waals surface area contributed by atoms with Crippen LogP contribution >= 0.6 is 0 Å². The van der Waals surface area contributed by atoms with Crippen molar-refractivity contribution in [3.63, 3.8) is 0 Å². The second-order valence-electron chi connectivity index (χ2n) is 8.94. The third kappa shape index (κ3) is 7.18. The fourth-order valence-corrected chi connectivity index (χ4v) is 4.96. The van der Waals surface area contributed by atoms with Gasteiger partial charge in [0.15, 0.2) is 6.10 Å². The lowest BCUT2D eigenvalue weighted by Gasteiger charge is -2.35. The molecule has 37 heavy (non-hydrogen) atoms. The van der Waals surface area contributed by atoms with Crippen LogP contribution < -0.4 is 15.0 Å². The van der Waals surface area contributed by atoms with Crippen LogP contribution in [0.15, 0.2) is 84.9 Å². The van der Waals surface area contributed by atoms with Gasteiger partial charge in [-0.3, -0.25) is 9.59 Å². The number of benzene rings is 3. The monoisotopic (exact) mass is 521 g/mol. The van der Waals surface area contributed by atoms with Crippen molar-refractivity contribution in [3.8, 4) is 5.75 Å². The summed E-state index contributed by atoms with van der Waals surface area (Å²) in [5, 5.41) is 2.89. The molecule has 0 fully saturated rings. The fourth-order valence-electron chi connectivity index (χ4n) is 4.19. The highest BCUT2D eigenvalue weighted by Gasteiger charge is 2.35. The van der Waals surface area contributed by atoms with E-state index in [9.17, 15) is 18.0 Å². The Kier molecular flexibility index (Phi) is 8.58. The molecule has 1 atom stereocenters. The summed E-state index contributed by atoms with van der Waals surface area (Å²) in [5.74, 6) is -0.343. The average Bonchev–Trinajstić information content (AvgIpc) is 2.90. The molecule has 3 aromatic rings. The number of nitrogens with one attached hydrogen (secondary N) is 1. The number of anilines is 1. The van der Waals surface area contributed by atoms with Crippen LogP contribution in [0.5, 0.6) is 5.75 Å². The van der Waals surface area contributed by atoms with Crippen molar-refractivity contribution < 1.29 is 22.7 Å². The summed E-state index contributed by atoms with van der Waals surface area (Å²) >= 11 is 0. The minimum Gasteiger partial charge on any atom is -0.477 e. The normalized spacial score (nSPS) is 15.1. The molecule has 9 heteroatoms. The van der Waals surface area contributed by atoms with Crippen LogP contribution in [0.2, 0.25) is 0 Å². The summed E-state index contributed by atoms with van der Waals surface area (Å²) in [7, 11) is -3.64. The highest BCUT2D eigenvalue weighted by atomic mass is 32.2. The van der Waals surface area contributed by atoms with Crippen molar-refractivity contribution in [3.05, 3.63) is 96.1 Å². The largest absolute Gasteiger partial charge is 0.477 e. The number of hydrogen-bond donors (Lipinski definition) is 1. The van der Waals surface area contributed by atoms with Crippen molar-refractivity contribution in [2.45, 2.75) is 18.9 Å². The van der Waals surface area contributed by atoms with Crippen LogP contribution in [0.25, 0.3) is 0 Å². The van der Waals surface area contributed by atoms with Crippen LogP contribution in [0.1, 0.15) is 11.1 Å². The molecule has 0 radical (unpaired) electrons. The molecule has 0 bridgehead atoms. The lowest BCUT2D eigenvalue weighted by molar-refractivity contribution is -0.128.